The molecular formula is C32H37N3O8. The average molecular weight is 592 g/mol. The van der Waals surface area contributed by atoms with Crippen LogP contribution in [-0.4, -0.2) is 81.7 Å². The van der Waals surface area contributed by atoms with Crippen LogP contribution in [0.2, 0.25) is 0 Å². The van der Waals surface area contributed by atoms with Gasteiger partial charge in [-0.3, -0.25) is 19.3 Å². The molecule has 3 aliphatic rings. The van der Waals surface area contributed by atoms with Crippen LogP contribution in [0.25, 0.3) is 16.9 Å². The molecule has 4 atom stereocenters. The number of phenolic OH excluding ortho intramolecular Hbond substituents is 1. The minimum atomic E-state index is -2.67. The van der Waals surface area contributed by atoms with Gasteiger partial charge in [0.15, 0.2) is 11.4 Å². The number of hydrogen-bond acceptors (Lipinski definition) is 10. The number of ketones is 2. The maximum Gasteiger partial charge on any atom is 0.255 e. The summed E-state index contributed by atoms with van der Waals surface area (Å²) in [5, 5.41) is 48.6. The Morgan fingerprint density at radius 1 is 1.16 bits per heavy atom. The van der Waals surface area contributed by atoms with Crippen LogP contribution >= 0.6 is 0 Å². The van der Waals surface area contributed by atoms with Crippen molar-refractivity contribution in [3.05, 3.63) is 63.9 Å². The Balaban J connectivity index is 1.68. The van der Waals surface area contributed by atoms with E-state index in [0.717, 1.165) is 16.7 Å². The third kappa shape index (κ3) is 4.59. The number of rotatable bonds is 7. The molecule has 2 aromatic carbocycles. The molecule has 228 valence electrons. The van der Waals surface area contributed by atoms with E-state index in [1.54, 1.807) is 27.3 Å². The number of Topliss-reactive ketones (excluding diaryl/α,β-unsaturated/α-hetero) is 2. The standard InChI is InChI=1S/C32H37N3O8/c1-14(2)34-13-17-10-15(6-9-22(17)43-5)18-7-8-21(36)24-19(18)11-16-12-20-26(35(3)4)28(38)25(31(33)41)30(40)32(20,42)29(39)23(16)27(24)37/h6-10,14,16,20,26,34,36-37,40,42H,11-13H2,1-5H3,(H2,33,41)/t16?,20?,26-,32-/m0/s1. The number of hydrogen-bond donors (Lipinski definition) is 6. The molecule has 1 amide bonds. The summed E-state index contributed by atoms with van der Waals surface area (Å²) in [4.78, 5) is 41.0. The highest BCUT2D eigenvalue weighted by molar-refractivity contribution is 6.24. The van der Waals surface area contributed by atoms with Gasteiger partial charge in [-0.1, -0.05) is 26.0 Å². The van der Waals surface area contributed by atoms with Crippen LogP contribution in [-0.2, 0) is 27.3 Å². The van der Waals surface area contributed by atoms with Crippen molar-refractivity contribution in [3.63, 3.8) is 0 Å². The van der Waals surface area contributed by atoms with Crippen molar-refractivity contribution in [3.8, 4) is 22.6 Å². The van der Waals surface area contributed by atoms with Crippen LogP contribution in [0.5, 0.6) is 11.5 Å². The zero-order chi connectivity index (χ0) is 31.5. The summed E-state index contributed by atoms with van der Waals surface area (Å²) in [5.74, 6) is -6.09. The van der Waals surface area contributed by atoms with Gasteiger partial charge in [-0.05, 0) is 67.7 Å². The van der Waals surface area contributed by atoms with E-state index >= 15 is 0 Å². The SMILES string of the molecule is COc1ccc(-c2ccc(O)c3c2CC2CC4[C@H](N(C)C)C(=O)C(C(N)=O)=C(O)[C@@]4(O)C(=O)C2=C3O)cc1CNC(C)C. The number of fused-ring (bicyclic) bond motifs is 3. The van der Waals surface area contributed by atoms with Gasteiger partial charge in [-0.15, -0.1) is 0 Å². The largest absolute Gasteiger partial charge is 0.508 e. The molecule has 5 rings (SSSR count). The number of nitrogens with zero attached hydrogens (tertiary/aromatic N) is 1. The summed E-state index contributed by atoms with van der Waals surface area (Å²) < 4.78 is 5.56. The molecule has 1 fully saturated rings. The predicted octanol–water partition coefficient (Wildman–Crippen LogP) is 2.14. The number of aromatic hydroxyl groups is 1. The fourth-order valence-electron chi connectivity index (χ4n) is 6.91. The van der Waals surface area contributed by atoms with E-state index in [9.17, 15) is 34.8 Å². The molecule has 0 radical (unpaired) electrons. The average Bonchev–Trinajstić information content (AvgIpc) is 2.93. The maximum atomic E-state index is 14.1. The number of benzene rings is 2. The summed E-state index contributed by atoms with van der Waals surface area (Å²) in [7, 11) is 4.73. The van der Waals surface area contributed by atoms with Crippen LogP contribution in [0.15, 0.2) is 47.2 Å². The number of phenols is 1. The summed E-state index contributed by atoms with van der Waals surface area (Å²) >= 11 is 0. The quantitative estimate of drug-likeness (QED) is 0.261. The first kappa shape index (κ1) is 30.3. The molecule has 0 bridgehead atoms. The monoisotopic (exact) mass is 591 g/mol. The first-order valence-electron chi connectivity index (χ1n) is 14.1. The molecule has 11 heteroatoms. The van der Waals surface area contributed by atoms with E-state index < -0.39 is 58.0 Å². The molecule has 0 saturated heterocycles. The van der Waals surface area contributed by atoms with Crippen molar-refractivity contribution in [2.75, 3.05) is 21.2 Å². The lowest BCUT2D eigenvalue weighted by molar-refractivity contribution is -0.153. The van der Waals surface area contributed by atoms with Crippen molar-refractivity contribution in [1.82, 2.24) is 10.2 Å². The van der Waals surface area contributed by atoms with E-state index in [0.29, 0.717) is 17.9 Å². The Morgan fingerprint density at radius 3 is 2.47 bits per heavy atom. The van der Waals surface area contributed by atoms with Crippen molar-refractivity contribution < 1.29 is 39.5 Å². The highest BCUT2D eigenvalue weighted by Crippen LogP contribution is 2.53. The lowest BCUT2D eigenvalue weighted by atomic mass is 9.57. The van der Waals surface area contributed by atoms with E-state index in [1.165, 1.54) is 11.0 Å². The number of likely N-dealkylation sites (N-methyl/N-ethyl adjacent to an activating group) is 1. The minimum Gasteiger partial charge on any atom is -0.508 e. The number of aliphatic hydroxyl groups excluding tert-OH is 2. The van der Waals surface area contributed by atoms with Crippen molar-refractivity contribution in [1.29, 1.82) is 0 Å². The van der Waals surface area contributed by atoms with Gasteiger partial charge in [0, 0.05) is 29.6 Å². The number of amides is 1. The molecule has 1 saturated carbocycles. The van der Waals surface area contributed by atoms with Crippen LogP contribution in [0.4, 0.5) is 0 Å². The molecule has 7 N–H and O–H groups in total. The number of methoxy groups -OCH3 is 1. The van der Waals surface area contributed by atoms with Crippen LogP contribution in [0, 0.1) is 11.8 Å². The van der Waals surface area contributed by atoms with Crippen molar-refractivity contribution >= 4 is 23.2 Å². The zero-order valence-corrected chi connectivity index (χ0v) is 24.8. The topological polar surface area (TPSA) is 183 Å². The molecule has 0 heterocycles. The van der Waals surface area contributed by atoms with Gasteiger partial charge in [0.25, 0.3) is 5.91 Å². The van der Waals surface area contributed by atoms with Gasteiger partial charge in [0.05, 0.1) is 18.7 Å². The molecule has 3 aliphatic carbocycles. The minimum absolute atomic E-state index is 0.0209. The Morgan fingerprint density at radius 2 is 1.86 bits per heavy atom. The predicted molar refractivity (Wildman–Crippen MR) is 158 cm³/mol. The molecule has 11 nitrogen and oxygen atoms in total. The van der Waals surface area contributed by atoms with Gasteiger partial charge in [-0.25, -0.2) is 0 Å². The summed E-state index contributed by atoms with van der Waals surface area (Å²) in [6.45, 7) is 4.62. The number of primary amides is 1. The summed E-state index contributed by atoms with van der Waals surface area (Å²) in [6.07, 6.45) is 0.219. The first-order chi connectivity index (χ1) is 20.2. The van der Waals surface area contributed by atoms with E-state index in [4.69, 9.17) is 10.5 Å². The number of carbonyl (C=O) groups excluding carboxylic acids is 3. The van der Waals surface area contributed by atoms with Crippen molar-refractivity contribution in [2.45, 2.75) is 50.9 Å². The maximum absolute atomic E-state index is 14.1. The zero-order valence-electron chi connectivity index (χ0n) is 24.8. The lowest BCUT2D eigenvalue weighted by Crippen LogP contribution is -2.65. The second-order valence-corrected chi connectivity index (χ2v) is 12.0. The molecule has 0 spiro atoms. The lowest BCUT2D eigenvalue weighted by Gasteiger charge is -2.50. The fourth-order valence-corrected chi connectivity index (χ4v) is 6.91. The van der Waals surface area contributed by atoms with E-state index in [1.807, 2.05) is 32.0 Å². The normalized spacial score (nSPS) is 25.2. The Hall–Kier alpha value is -4.19. The second kappa shape index (κ2) is 10.8. The third-order valence-corrected chi connectivity index (χ3v) is 8.90. The van der Waals surface area contributed by atoms with Crippen LogP contribution < -0.4 is 15.8 Å². The fraction of sp³-hybridized carbons (Fsp3) is 0.406. The highest BCUT2D eigenvalue weighted by Gasteiger charge is 2.64. The first-order valence-corrected chi connectivity index (χ1v) is 14.1. The van der Waals surface area contributed by atoms with Gasteiger partial charge in [0.2, 0.25) is 5.78 Å². The number of aliphatic hydroxyl groups is 3. The number of nitrogens with two attached hydrogens (primary N) is 1. The molecular weight excluding hydrogens is 554 g/mol. The summed E-state index contributed by atoms with van der Waals surface area (Å²) in [5.41, 5.74) is 4.77. The highest BCUT2D eigenvalue weighted by atomic mass is 16.5. The smallest absolute Gasteiger partial charge is 0.255 e. The third-order valence-electron chi connectivity index (χ3n) is 8.90. The number of carbonyl (C=O) groups is 3. The van der Waals surface area contributed by atoms with Gasteiger partial charge < -0.3 is 36.2 Å². The van der Waals surface area contributed by atoms with E-state index in [-0.39, 0.29) is 35.8 Å². The number of ether oxygens (including phenoxy) is 1. The molecule has 0 aliphatic heterocycles. The van der Waals surface area contributed by atoms with Gasteiger partial charge >= 0.3 is 0 Å². The van der Waals surface area contributed by atoms with Crippen molar-refractivity contribution in [2.24, 2.45) is 17.6 Å². The molecule has 43 heavy (non-hydrogen) atoms. The Bertz CT molecular complexity index is 1610. The molecule has 2 aromatic rings. The molecule has 0 aromatic heterocycles. The Labute approximate surface area is 249 Å². The second-order valence-electron chi connectivity index (χ2n) is 12.0. The van der Waals surface area contributed by atoms with Gasteiger partial charge in [-0.2, -0.15) is 0 Å². The van der Waals surface area contributed by atoms with Crippen LogP contribution in [0.3, 0.4) is 0 Å². The van der Waals surface area contributed by atoms with E-state index in [2.05, 4.69) is 5.32 Å². The number of nitrogens with one attached hydrogen (secondary N) is 1. The van der Waals surface area contributed by atoms with Crippen LogP contribution in [0.1, 0.15) is 37.0 Å². The van der Waals surface area contributed by atoms with Gasteiger partial charge in [0.1, 0.15) is 28.6 Å². The summed E-state index contributed by atoms with van der Waals surface area (Å²) in [6, 6.07) is 7.97. The Kier molecular flexibility index (Phi) is 7.62. The molecule has 2 unspecified atom stereocenters.